The van der Waals surface area contributed by atoms with E-state index < -0.39 is 0 Å². The molecule has 1 N–H and O–H groups in total. The lowest BCUT2D eigenvalue weighted by Crippen LogP contribution is -2.33. The summed E-state index contributed by atoms with van der Waals surface area (Å²) in [6, 6.07) is 2.77. The van der Waals surface area contributed by atoms with Crippen molar-refractivity contribution in [2.45, 2.75) is 70.5 Å². The molecule has 0 atom stereocenters. The quantitative estimate of drug-likeness (QED) is 0.787. The van der Waals surface area contributed by atoms with Crippen LogP contribution in [0.1, 0.15) is 55.3 Å². The fourth-order valence-corrected chi connectivity index (χ4v) is 3.90. The lowest BCUT2D eigenvalue weighted by Gasteiger charge is -2.16. The molecule has 3 rings (SSSR count). The average Bonchev–Trinajstić information content (AvgIpc) is 3.18. The third kappa shape index (κ3) is 3.44. The Morgan fingerprint density at radius 2 is 2.09 bits per heavy atom. The molecule has 0 unspecified atom stereocenters. The molecule has 1 fully saturated rings. The number of hydrogen-bond acceptors (Lipinski definition) is 3. The van der Waals surface area contributed by atoms with E-state index in [1.165, 1.54) is 43.4 Å². The molecule has 0 bridgehead atoms. The van der Waals surface area contributed by atoms with Gasteiger partial charge in [0.25, 0.3) is 5.56 Å². The summed E-state index contributed by atoms with van der Waals surface area (Å²) in [4.78, 5) is 12.8. The minimum atomic E-state index is 0.210. The van der Waals surface area contributed by atoms with Crippen molar-refractivity contribution in [2.24, 2.45) is 0 Å². The predicted octanol–water partition coefficient (Wildman–Crippen LogP) is 2.41. The van der Waals surface area contributed by atoms with Crippen molar-refractivity contribution < 1.29 is 4.74 Å². The molecule has 0 saturated heterocycles. The van der Waals surface area contributed by atoms with Gasteiger partial charge in [0.2, 0.25) is 0 Å². The van der Waals surface area contributed by atoms with Crippen LogP contribution in [0.3, 0.4) is 0 Å². The first-order valence-corrected chi connectivity index (χ1v) is 8.76. The van der Waals surface area contributed by atoms with Gasteiger partial charge in [-0.1, -0.05) is 12.8 Å². The van der Waals surface area contributed by atoms with Gasteiger partial charge in [-0.15, -0.1) is 0 Å². The van der Waals surface area contributed by atoms with E-state index in [1.807, 2.05) is 4.57 Å². The Kier molecular flexibility index (Phi) is 5.32. The van der Waals surface area contributed by atoms with Crippen molar-refractivity contribution in [3.05, 3.63) is 33.2 Å². The lowest BCUT2D eigenvalue weighted by atomic mass is 10.1. The maximum Gasteiger partial charge on any atom is 0.255 e. The third-order valence-corrected chi connectivity index (χ3v) is 5.09. The summed E-state index contributed by atoms with van der Waals surface area (Å²) in [5.74, 6) is 0. The first-order valence-electron chi connectivity index (χ1n) is 8.76. The number of hydrogen-bond donors (Lipinski definition) is 1. The highest BCUT2D eigenvalue weighted by Gasteiger charge is 2.20. The van der Waals surface area contributed by atoms with Gasteiger partial charge in [-0.05, 0) is 50.2 Å². The topological polar surface area (TPSA) is 43.3 Å². The van der Waals surface area contributed by atoms with Crippen LogP contribution in [-0.4, -0.2) is 24.3 Å². The van der Waals surface area contributed by atoms with Gasteiger partial charge in [0.15, 0.2) is 0 Å². The van der Waals surface area contributed by atoms with Crippen LogP contribution in [0.2, 0.25) is 0 Å². The Balaban J connectivity index is 1.77. The van der Waals surface area contributed by atoms with E-state index in [0.29, 0.717) is 12.6 Å². The van der Waals surface area contributed by atoms with E-state index in [-0.39, 0.29) is 5.56 Å². The maximum absolute atomic E-state index is 12.8. The zero-order chi connectivity index (χ0) is 15.4. The number of nitrogens with one attached hydrogen (secondary N) is 1. The summed E-state index contributed by atoms with van der Waals surface area (Å²) in [7, 11) is 1.72. The zero-order valence-electron chi connectivity index (χ0n) is 13.7. The molecule has 0 amide bonds. The molecule has 0 aliphatic heterocycles. The van der Waals surface area contributed by atoms with Crippen LogP contribution in [0.15, 0.2) is 10.9 Å². The molecule has 2 aliphatic rings. The van der Waals surface area contributed by atoms with Crippen molar-refractivity contribution in [3.8, 4) is 0 Å². The van der Waals surface area contributed by atoms with Crippen LogP contribution < -0.4 is 10.9 Å². The number of aromatic nitrogens is 1. The Morgan fingerprint density at radius 3 is 2.86 bits per heavy atom. The molecule has 0 radical (unpaired) electrons. The van der Waals surface area contributed by atoms with Gasteiger partial charge in [0, 0.05) is 44.1 Å². The number of rotatable bonds is 7. The molecule has 2 aliphatic carbocycles. The normalized spacial score (nSPS) is 18.0. The van der Waals surface area contributed by atoms with E-state index in [4.69, 9.17) is 4.74 Å². The number of ether oxygens (including phenoxy) is 1. The van der Waals surface area contributed by atoms with Gasteiger partial charge in [-0.3, -0.25) is 4.79 Å². The van der Waals surface area contributed by atoms with Gasteiger partial charge in [0.1, 0.15) is 0 Å². The predicted molar refractivity (Wildman–Crippen MR) is 88.3 cm³/mol. The maximum atomic E-state index is 12.8. The highest BCUT2D eigenvalue weighted by Crippen LogP contribution is 2.22. The molecule has 122 valence electrons. The summed E-state index contributed by atoms with van der Waals surface area (Å²) < 4.78 is 7.16. The van der Waals surface area contributed by atoms with Gasteiger partial charge in [-0.25, -0.2) is 0 Å². The van der Waals surface area contributed by atoms with Crippen molar-refractivity contribution in [1.29, 1.82) is 0 Å². The van der Waals surface area contributed by atoms with Crippen LogP contribution >= 0.6 is 0 Å². The molecule has 1 saturated carbocycles. The van der Waals surface area contributed by atoms with Crippen LogP contribution in [0.4, 0.5) is 0 Å². The van der Waals surface area contributed by atoms with Gasteiger partial charge in [-0.2, -0.15) is 0 Å². The SMILES string of the molecule is COCCCn1c2c(cc(CNC3CCCC3)c1=O)CCC2. The number of nitrogens with zero attached hydrogens (tertiary/aromatic N) is 1. The van der Waals surface area contributed by atoms with Crippen molar-refractivity contribution in [3.63, 3.8) is 0 Å². The molecular formula is C18H28N2O2. The van der Waals surface area contributed by atoms with Crippen LogP contribution in [-0.2, 0) is 30.7 Å². The number of pyridine rings is 1. The Morgan fingerprint density at radius 1 is 1.27 bits per heavy atom. The molecular weight excluding hydrogens is 276 g/mol. The zero-order valence-corrected chi connectivity index (χ0v) is 13.7. The molecule has 0 spiro atoms. The van der Waals surface area contributed by atoms with Crippen LogP contribution in [0.5, 0.6) is 0 Å². The molecule has 0 aromatic carbocycles. The summed E-state index contributed by atoms with van der Waals surface area (Å²) in [5, 5.41) is 3.59. The second-order valence-electron chi connectivity index (χ2n) is 6.66. The first-order chi connectivity index (χ1) is 10.8. The first kappa shape index (κ1) is 15.8. The molecule has 1 aromatic heterocycles. The minimum Gasteiger partial charge on any atom is -0.385 e. The number of aryl methyl sites for hydroxylation is 1. The second-order valence-corrected chi connectivity index (χ2v) is 6.66. The Bertz CT molecular complexity index is 559. The summed E-state index contributed by atoms with van der Waals surface area (Å²) in [5.41, 5.74) is 3.82. The van der Waals surface area contributed by atoms with E-state index in [1.54, 1.807) is 7.11 Å². The standard InChI is InChI=1S/C18H28N2O2/c1-22-11-5-10-20-17-9-4-6-14(17)12-15(18(20)21)13-19-16-7-2-3-8-16/h12,16,19H,2-11,13H2,1H3. The van der Waals surface area contributed by atoms with E-state index in [9.17, 15) is 4.79 Å². The number of fused-ring (bicyclic) bond motifs is 1. The molecule has 1 heterocycles. The van der Waals surface area contributed by atoms with Crippen molar-refractivity contribution in [1.82, 2.24) is 9.88 Å². The molecule has 22 heavy (non-hydrogen) atoms. The highest BCUT2D eigenvalue weighted by molar-refractivity contribution is 5.30. The monoisotopic (exact) mass is 304 g/mol. The van der Waals surface area contributed by atoms with Crippen molar-refractivity contribution in [2.75, 3.05) is 13.7 Å². The third-order valence-electron chi connectivity index (χ3n) is 5.09. The van der Waals surface area contributed by atoms with Crippen LogP contribution in [0, 0.1) is 0 Å². The van der Waals surface area contributed by atoms with E-state index in [0.717, 1.165) is 37.9 Å². The largest absolute Gasteiger partial charge is 0.385 e. The summed E-state index contributed by atoms with van der Waals surface area (Å²) in [6.45, 7) is 2.22. The lowest BCUT2D eigenvalue weighted by molar-refractivity contribution is 0.189. The van der Waals surface area contributed by atoms with E-state index >= 15 is 0 Å². The molecule has 1 aromatic rings. The highest BCUT2D eigenvalue weighted by atomic mass is 16.5. The minimum absolute atomic E-state index is 0.210. The van der Waals surface area contributed by atoms with Gasteiger partial charge >= 0.3 is 0 Å². The molecule has 4 heteroatoms. The fraction of sp³-hybridized carbons (Fsp3) is 0.722. The Labute approximate surface area is 132 Å². The van der Waals surface area contributed by atoms with E-state index in [2.05, 4.69) is 11.4 Å². The van der Waals surface area contributed by atoms with Crippen molar-refractivity contribution >= 4 is 0 Å². The Hall–Kier alpha value is -1.13. The average molecular weight is 304 g/mol. The molecule has 4 nitrogen and oxygen atoms in total. The smallest absolute Gasteiger partial charge is 0.255 e. The van der Waals surface area contributed by atoms with Crippen LogP contribution in [0.25, 0.3) is 0 Å². The summed E-state index contributed by atoms with van der Waals surface area (Å²) in [6.07, 6.45) is 9.41. The van der Waals surface area contributed by atoms with Gasteiger partial charge < -0.3 is 14.6 Å². The fourth-order valence-electron chi connectivity index (χ4n) is 3.90. The second kappa shape index (κ2) is 7.42. The number of methoxy groups -OCH3 is 1. The summed E-state index contributed by atoms with van der Waals surface area (Å²) >= 11 is 0. The van der Waals surface area contributed by atoms with Gasteiger partial charge in [0.05, 0.1) is 0 Å².